The topological polar surface area (TPSA) is 0 Å². The average Bonchev–Trinajstić information content (AvgIpc) is 2.81. The Labute approximate surface area is 112 Å². The molecule has 0 heterocycles. The standard InChI is InChI=1S/C7H9.C5H5.C2H6Si.Ti/c1-6-4-3-5-7(6)2;1-2-4-5-3-1;1-3-2;/h4H,5H2,1-2H3;1-3H,4H2;1-2H3;/q2*-1;;+2. The number of hydrogen-bond donors (Lipinski definition) is 0. The summed E-state index contributed by atoms with van der Waals surface area (Å²) in [4.78, 5) is 0. The first kappa shape index (κ1) is 15.9. The molecule has 0 aromatic carbocycles. The maximum Gasteiger partial charge on any atom is -0.109 e. The molecule has 0 N–H and O–H groups in total. The average molecular weight is 264 g/mol. The van der Waals surface area contributed by atoms with Crippen molar-refractivity contribution in [3.05, 3.63) is 47.6 Å². The minimum Gasteiger partial charge on any atom is -0.273 e. The van der Waals surface area contributed by atoms with E-state index < -0.39 is 0 Å². The van der Waals surface area contributed by atoms with E-state index in [9.17, 15) is 0 Å². The molecule has 2 aliphatic rings. The number of rotatable bonds is 0. The van der Waals surface area contributed by atoms with Gasteiger partial charge in [-0.1, -0.05) is 6.92 Å². The van der Waals surface area contributed by atoms with Gasteiger partial charge in [0.1, 0.15) is 0 Å². The number of hydrogen-bond acceptors (Lipinski definition) is 0. The smallest absolute Gasteiger partial charge is 0.109 e. The summed E-state index contributed by atoms with van der Waals surface area (Å²) >= 11 is 2.27. The van der Waals surface area contributed by atoms with Crippen LogP contribution in [0, 0.1) is 12.2 Å². The maximum absolute atomic E-state index is 3.12. The minimum atomic E-state index is 0.120. The van der Waals surface area contributed by atoms with Crippen molar-refractivity contribution in [2.75, 3.05) is 0 Å². The van der Waals surface area contributed by atoms with Gasteiger partial charge < -0.3 is 0 Å². The predicted molar refractivity (Wildman–Crippen MR) is 69.9 cm³/mol. The van der Waals surface area contributed by atoms with E-state index in [0.29, 0.717) is 0 Å². The quantitative estimate of drug-likeness (QED) is 0.455. The van der Waals surface area contributed by atoms with E-state index in [1.165, 1.54) is 11.1 Å². The Morgan fingerprint density at radius 3 is 2.00 bits per heavy atom. The van der Waals surface area contributed by atoms with Gasteiger partial charge in [-0.2, -0.15) is 11.6 Å². The van der Waals surface area contributed by atoms with Crippen LogP contribution in [-0.4, -0.2) is 6.19 Å². The molecular formula is C14H20SiTi. The minimum absolute atomic E-state index is 0.120. The molecule has 2 heteroatoms. The Kier molecular flexibility index (Phi) is 10.0. The van der Waals surface area contributed by atoms with Gasteiger partial charge in [-0.25, -0.2) is 23.8 Å². The van der Waals surface area contributed by atoms with E-state index in [2.05, 4.69) is 70.4 Å². The van der Waals surface area contributed by atoms with Crippen molar-refractivity contribution in [1.82, 2.24) is 0 Å². The Bertz CT molecular complexity index is 319. The van der Waals surface area contributed by atoms with E-state index in [1.54, 1.807) is 0 Å². The summed E-state index contributed by atoms with van der Waals surface area (Å²) in [6.07, 6.45) is 16.3. The summed E-state index contributed by atoms with van der Waals surface area (Å²) in [6.45, 7) is 8.80. The predicted octanol–water partition coefficient (Wildman–Crippen LogP) is 4.18. The molecule has 0 aliphatic heterocycles. The van der Waals surface area contributed by atoms with Gasteiger partial charge in [0.05, 0.1) is 0 Å². The van der Waals surface area contributed by atoms with Crippen LogP contribution in [-0.2, 0) is 19.2 Å². The van der Waals surface area contributed by atoms with Gasteiger partial charge in [-0.15, -0.1) is 19.8 Å². The van der Waals surface area contributed by atoms with E-state index in [0.717, 1.165) is 12.8 Å². The molecule has 0 radical (unpaired) electrons. The summed E-state index contributed by atoms with van der Waals surface area (Å²) in [6, 6.07) is 0. The van der Waals surface area contributed by atoms with Gasteiger partial charge >= 0.3 is 38.5 Å². The van der Waals surface area contributed by atoms with Crippen molar-refractivity contribution < 1.29 is 19.2 Å². The van der Waals surface area contributed by atoms with Crippen molar-refractivity contribution in [1.29, 1.82) is 0 Å². The molecular weight excluding hydrogens is 244 g/mol. The summed E-state index contributed by atoms with van der Waals surface area (Å²) in [5.74, 6) is 0. The van der Waals surface area contributed by atoms with Gasteiger partial charge in [0.15, 0.2) is 0 Å². The van der Waals surface area contributed by atoms with E-state index >= 15 is 0 Å². The molecule has 0 nitrogen and oxygen atoms in total. The SMILES string of the molecule is CC1=C(C)C[C-]=C1.C[Si](C)=[Ti+2].[C-]1=CC=CC1. The van der Waals surface area contributed by atoms with Crippen LogP contribution in [0.3, 0.4) is 0 Å². The molecule has 0 saturated carbocycles. The Morgan fingerprint density at radius 2 is 1.88 bits per heavy atom. The molecule has 2 rings (SSSR count). The van der Waals surface area contributed by atoms with Crippen LogP contribution in [0.4, 0.5) is 0 Å². The molecule has 0 fully saturated rings. The Morgan fingerprint density at radius 1 is 1.25 bits per heavy atom. The summed E-state index contributed by atoms with van der Waals surface area (Å²) in [5.41, 5.74) is 2.85. The maximum atomic E-state index is 3.12. The third kappa shape index (κ3) is 10.4. The summed E-state index contributed by atoms with van der Waals surface area (Å²) < 4.78 is 0. The normalized spacial score (nSPS) is 15.6. The van der Waals surface area contributed by atoms with Crippen molar-refractivity contribution in [2.45, 2.75) is 39.8 Å². The van der Waals surface area contributed by atoms with Crippen molar-refractivity contribution in [3.63, 3.8) is 0 Å². The van der Waals surface area contributed by atoms with Crippen LogP contribution in [0.1, 0.15) is 26.7 Å². The molecule has 0 saturated heterocycles. The Balaban J connectivity index is 0.000000222. The first-order chi connectivity index (χ1) is 7.54. The zero-order chi connectivity index (χ0) is 12.4. The molecule has 0 atom stereocenters. The van der Waals surface area contributed by atoms with Crippen LogP contribution < -0.4 is 0 Å². The van der Waals surface area contributed by atoms with Gasteiger partial charge in [-0.05, 0) is 0 Å². The summed E-state index contributed by atoms with van der Waals surface area (Å²) in [5, 5.41) is 0. The van der Waals surface area contributed by atoms with E-state index in [-0.39, 0.29) is 6.19 Å². The largest absolute Gasteiger partial charge is 0.273 e. The first-order valence-corrected chi connectivity index (χ1v) is 10.3. The van der Waals surface area contributed by atoms with Crippen LogP contribution in [0.15, 0.2) is 35.5 Å². The van der Waals surface area contributed by atoms with Gasteiger partial charge in [0, 0.05) is 0 Å². The fraction of sp³-hybridized carbons (Fsp3) is 0.429. The van der Waals surface area contributed by atoms with Gasteiger partial charge in [0.2, 0.25) is 0 Å². The van der Waals surface area contributed by atoms with Crippen molar-refractivity contribution >= 4 is 6.19 Å². The second kappa shape index (κ2) is 10.1. The third-order valence-electron chi connectivity index (χ3n) is 1.94. The van der Waals surface area contributed by atoms with Crippen LogP contribution in [0.5, 0.6) is 0 Å². The monoisotopic (exact) mass is 264 g/mol. The molecule has 16 heavy (non-hydrogen) atoms. The fourth-order valence-electron chi connectivity index (χ4n) is 0.960. The molecule has 0 aromatic rings. The second-order valence-corrected chi connectivity index (χ2v) is 10.7. The van der Waals surface area contributed by atoms with E-state index in [1.807, 2.05) is 12.2 Å². The second-order valence-electron chi connectivity index (χ2n) is 3.99. The third-order valence-corrected chi connectivity index (χ3v) is 1.94. The molecule has 0 amide bonds. The van der Waals surface area contributed by atoms with Gasteiger partial charge in [0.25, 0.3) is 0 Å². The van der Waals surface area contributed by atoms with E-state index in [4.69, 9.17) is 0 Å². The van der Waals surface area contributed by atoms with Crippen LogP contribution >= 0.6 is 0 Å². The Hall–Kier alpha value is -0.109. The molecule has 0 spiro atoms. The summed E-state index contributed by atoms with van der Waals surface area (Å²) in [7, 11) is 0. The van der Waals surface area contributed by atoms with Gasteiger partial charge in [-0.3, -0.25) is 12.2 Å². The van der Waals surface area contributed by atoms with Crippen molar-refractivity contribution in [2.24, 2.45) is 0 Å². The molecule has 0 aromatic heterocycles. The van der Waals surface area contributed by atoms with Crippen LogP contribution in [0.25, 0.3) is 0 Å². The molecule has 0 bridgehead atoms. The zero-order valence-corrected chi connectivity index (χ0v) is 13.3. The molecule has 2 aliphatic carbocycles. The first-order valence-electron chi connectivity index (χ1n) is 5.50. The molecule has 0 unspecified atom stereocenters. The zero-order valence-electron chi connectivity index (χ0n) is 10.7. The van der Waals surface area contributed by atoms with Crippen LogP contribution in [0.2, 0.25) is 13.1 Å². The fourth-order valence-corrected chi connectivity index (χ4v) is 0.960. The van der Waals surface area contributed by atoms with Crippen molar-refractivity contribution in [3.8, 4) is 0 Å². The molecule has 84 valence electrons. The number of allylic oxidation sites excluding steroid dienone is 8.